The van der Waals surface area contributed by atoms with Gasteiger partial charge in [0.25, 0.3) is 0 Å². The van der Waals surface area contributed by atoms with Gasteiger partial charge in [-0.1, -0.05) is 54.1 Å². The lowest BCUT2D eigenvalue weighted by Crippen LogP contribution is -2.11. The zero-order valence-corrected chi connectivity index (χ0v) is 15.1. The van der Waals surface area contributed by atoms with Gasteiger partial charge in [0.2, 0.25) is 0 Å². The number of nitrogens with zero attached hydrogens (tertiary/aromatic N) is 1. The molecule has 126 valence electrons. The summed E-state index contributed by atoms with van der Waals surface area (Å²) in [7, 11) is 0. The fraction of sp³-hybridized carbons (Fsp3) is 0.100. The number of carbonyl (C=O) groups excluding carboxylic acids is 1. The second kappa shape index (κ2) is 7.26. The molecule has 0 radical (unpaired) electrons. The van der Waals surface area contributed by atoms with Gasteiger partial charge in [-0.2, -0.15) is 0 Å². The van der Waals surface area contributed by atoms with Crippen LogP contribution in [0.25, 0.3) is 22.0 Å². The number of esters is 1. The van der Waals surface area contributed by atoms with Crippen LogP contribution in [0.15, 0.2) is 55.1 Å². The fourth-order valence-corrected chi connectivity index (χ4v) is 3.16. The minimum absolute atomic E-state index is 0.119. The molecule has 0 fully saturated rings. The summed E-state index contributed by atoms with van der Waals surface area (Å²) in [6.07, 6.45) is 1.52. The third-order valence-corrected chi connectivity index (χ3v) is 4.37. The second-order valence-electron chi connectivity index (χ2n) is 5.48. The SMILES string of the molecule is C=CCOC(=O)c1c(C)nc2ccc(Cl)cc2c1-c1ccccc1Cl. The molecule has 0 atom stereocenters. The van der Waals surface area contributed by atoms with Crippen LogP contribution in [-0.4, -0.2) is 17.6 Å². The van der Waals surface area contributed by atoms with Crippen LogP contribution in [0, 0.1) is 6.92 Å². The van der Waals surface area contributed by atoms with Crippen LogP contribution in [0.3, 0.4) is 0 Å². The molecule has 0 aliphatic rings. The van der Waals surface area contributed by atoms with E-state index >= 15 is 0 Å². The van der Waals surface area contributed by atoms with E-state index in [9.17, 15) is 4.79 Å². The van der Waals surface area contributed by atoms with Crippen molar-refractivity contribution in [2.24, 2.45) is 0 Å². The van der Waals surface area contributed by atoms with Gasteiger partial charge in [-0.25, -0.2) is 4.79 Å². The third kappa shape index (κ3) is 3.39. The lowest BCUT2D eigenvalue weighted by atomic mass is 9.94. The summed E-state index contributed by atoms with van der Waals surface area (Å²) in [6, 6.07) is 12.7. The summed E-state index contributed by atoms with van der Waals surface area (Å²) < 4.78 is 5.27. The second-order valence-corrected chi connectivity index (χ2v) is 6.32. The number of hydrogen-bond donors (Lipinski definition) is 0. The van der Waals surface area contributed by atoms with Crippen molar-refractivity contribution in [2.75, 3.05) is 6.61 Å². The molecule has 2 aromatic carbocycles. The highest BCUT2D eigenvalue weighted by molar-refractivity contribution is 6.34. The third-order valence-electron chi connectivity index (χ3n) is 3.81. The summed E-state index contributed by atoms with van der Waals surface area (Å²) in [5.41, 5.74) is 3.08. The zero-order valence-electron chi connectivity index (χ0n) is 13.6. The molecule has 0 aliphatic heterocycles. The fourth-order valence-electron chi connectivity index (χ4n) is 2.76. The van der Waals surface area contributed by atoms with Gasteiger partial charge in [-0.15, -0.1) is 0 Å². The van der Waals surface area contributed by atoms with Crippen LogP contribution in [-0.2, 0) is 4.74 Å². The molecule has 0 bridgehead atoms. The number of fused-ring (bicyclic) bond motifs is 1. The van der Waals surface area contributed by atoms with Crippen LogP contribution in [0.1, 0.15) is 16.1 Å². The van der Waals surface area contributed by atoms with Crippen LogP contribution in [0.4, 0.5) is 0 Å². The first-order valence-corrected chi connectivity index (χ1v) is 8.41. The van der Waals surface area contributed by atoms with E-state index in [1.165, 1.54) is 6.08 Å². The maximum absolute atomic E-state index is 12.7. The van der Waals surface area contributed by atoms with Gasteiger partial charge in [0.1, 0.15) is 6.61 Å². The molecule has 25 heavy (non-hydrogen) atoms. The summed E-state index contributed by atoms with van der Waals surface area (Å²) in [6.45, 7) is 5.47. The summed E-state index contributed by atoms with van der Waals surface area (Å²) in [5.74, 6) is -0.471. The molecular weight excluding hydrogens is 357 g/mol. The van der Waals surface area contributed by atoms with Crippen molar-refractivity contribution < 1.29 is 9.53 Å². The first kappa shape index (κ1) is 17.5. The topological polar surface area (TPSA) is 39.2 Å². The van der Waals surface area contributed by atoms with E-state index in [2.05, 4.69) is 11.6 Å². The highest BCUT2D eigenvalue weighted by Crippen LogP contribution is 2.38. The number of halogens is 2. The highest BCUT2D eigenvalue weighted by atomic mass is 35.5. The molecule has 3 nitrogen and oxygen atoms in total. The standard InChI is InChI=1S/C20H15Cl2NO2/c1-3-10-25-20(24)18-12(2)23-17-9-8-13(21)11-15(17)19(18)14-6-4-5-7-16(14)22/h3-9,11H,1,10H2,2H3. The van der Waals surface area contributed by atoms with Gasteiger partial charge in [-0.05, 0) is 31.2 Å². The number of aryl methyl sites for hydroxylation is 1. The normalized spacial score (nSPS) is 10.7. The van der Waals surface area contributed by atoms with E-state index in [0.717, 1.165) is 16.5 Å². The van der Waals surface area contributed by atoms with E-state index in [4.69, 9.17) is 27.9 Å². The van der Waals surface area contributed by atoms with Crippen molar-refractivity contribution in [3.8, 4) is 11.1 Å². The average Bonchev–Trinajstić information content (AvgIpc) is 2.59. The zero-order chi connectivity index (χ0) is 18.0. The van der Waals surface area contributed by atoms with E-state index in [0.29, 0.717) is 26.9 Å². The first-order chi connectivity index (χ1) is 12.0. The number of rotatable bonds is 4. The van der Waals surface area contributed by atoms with Gasteiger partial charge < -0.3 is 4.74 Å². The minimum Gasteiger partial charge on any atom is -0.458 e. The number of aromatic nitrogens is 1. The molecule has 0 saturated carbocycles. The Morgan fingerprint density at radius 2 is 2.00 bits per heavy atom. The van der Waals surface area contributed by atoms with Crippen LogP contribution >= 0.6 is 23.2 Å². The van der Waals surface area contributed by atoms with Crippen molar-refractivity contribution in [1.29, 1.82) is 0 Å². The molecule has 3 rings (SSSR count). The number of carbonyl (C=O) groups is 1. The van der Waals surface area contributed by atoms with Gasteiger partial charge in [0.05, 0.1) is 16.8 Å². The van der Waals surface area contributed by atoms with Crippen molar-refractivity contribution >= 4 is 40.1 Å². The number of hydrogen-bond acceptors (Lipinski definition) is 3. The monoisotopic (exact) mass is 371 g/mol. The summed E-state index contributed by atoms with van der Waals surface area (Å²) >= 11 is 12.6. The Balaban J connectivity index is 2.39. The smallest absolute Gasteiger partial charge is 0.340 e. The van der Waals surface area contributed by atoms with Crippen molar-refractivity contribution in [1.82, 2.24) is 4.98 Å². The maximum atomic E-state index is 12.7. The largest absolute Gasteiger partial charge is 0.458 e. The van der Waals surface area contributed by atoms with Crippen molar-refractivity contribution in [2.45, 2.75) is 6.92 Å². The van der Waals surface area contributed by atoms with Crippen LogP contribution in [0.5, 0.6) is 0 Å². The Morgan fingerprint density at radius 1 is 1.24 bits per heavy atom. The summed E-state index contributed by atoms with van der Waals surface area (Å²) in [4.78, 5) is 17.2. The molecule has 0 aliphatic carbocycles. The van der Waals surface area contributed by atoms with E-state index in [1.54, 1.807) is 25.1 Å². The van der Waals surface area contributed by atoms with Crippen molar-refractivity contribution in [3.05, 3.63) is 76.4 Å². The Labute approximate surface area is 155 Å². The van der Waals surface area contributed by atoms with E-state index in [-0.39, 0.29) is 6.61 Å². The Kier molecular flexibility index (Phi) is 5.07. The molecule has 1 aromatic heterocycles. The maximum Gasteiger partial charge on any atom is 0.340 e. The van der Waals surface area contributed by atoms with Crippen LogP contribution in [0.2, 0.25) is 10.0 Å². The molecule has 3 aromatic rings. The lowest BCUT2D eigenvalue weighted by Gasteiger charge is -2.16. The highest BCUT2D eigenvalue weighted by Gasteiger charge is 2.22. The number of pyridine rings is 1. The van der Waals surface area contributed by atoms with Gasteiger partial charge in [0.15, 0.2) is 0 Å². The van der Waals surface area contributed by atoms with E-state index < -0.39 is 5.97 Å². The Morgan fingerprint density at radius 3 is 2.72 bits per heavy atom. The summed E-state index contributed by atoms with van der Waals surface area (Å²) in [5, 5.41) is 1.83. The molecule has 1 heterocycles. The number of ether oxygens (including phenoxy) is 1. The van der Waals surface area contributed by atoms with Gasteiger partial charge in [0, 0.05) is 26.6 Å². The van der Waals surface area contributed by atoms with E-state index in [1.807, 2.05) is 24.3 Å². The predicted molar refractivity (Wildman–Crippen MR) is 102 cm³/mol. The predicted octanol–water partition coefficient (Wildman–Crippen LogP) is 5.86. The Hall–Kier alpha value is -2.36. The molecule has 5 heteroatoms. The molecule has 0 spiro atoms. The van der Waals surface area contributed by atoms with Crippen molar-refractivity contribution in [3.63, 3.8) is 0 Å². The molecule has 0 saturated heterocycles. The molecular formula is C20H15Cl2NO2. The molecule has 0 unspecified atom stereocenters. The minimum atomic E-state index is -0.471. The average molecular weight is 372 g/mol. The van der Waals surface area contributed by atoms with Gasteiger partial charge >= 0.3 is 5.97 Å². The van der Waals surface area contributed by atoms with Crippen LogP contribution < -0.4 is 0 Å². The molecule has 0 amide bonds. The quantitative estimate of drug-likeness (QED) is 0.425. The number of benzene rings is 2. The molecule has 0 N–H and O–H groups in total. The first-order valence-electron chi connectivity index (χ1n) is 7.65. The Bertz CT molecular complexity index is 983. The lowest BCUT2D eigenvalue weighted by molar-refractivity contribution is 0.0549. The van der Waals surface area contributed by atoms with Gasteiger partial charge in [-0.3, -0.25) is 4.98 Å².